The van der Waals surface area contributed by atoms with E-state index in [9.17, 15) is 4.79 Å². The van der Waals surface area contributed by atoms with Crippen molar-refractivity contribution in [2.24, 2.45) is 11.8 Å². The maximum Gasteiger partial charge on any atom is 0.320 e. The molecule has 0 aromatic carbocycles. The smallest absolute Gasteiger partial charge is 0.320 e. The second-order valence-electron chi connectivity index (χ2n) is 4.77. The van der Waals surface area contributed by atoms with Crippen LogP contribution in [0.15, 0.2) is 0 Å². The highest BCUT2D eigenvalue weighted by molar-refractivity contribution is 5.72. The molecule has 1 aliphatic carbocycles. The zero-order chi connectivity index (χ0) is 10.1. The molecule has 0 aromatic heterocycles. The number of carboxylic acid groups (broad SMARTS) is 1. The summed E-state index contributed by atoms with van der Waals surface area (Å²) in [6.45, 7) is 3.83. The minimum absolute atomic E-state index is 0.291. The lowest BCUT2D eigenvalue weighted by atomic mass is 9.82. The van der Waals surface area contributed by atoms with E-state index in [1.807, 2.05) is 0 Å². The van der Waals surface area contributed by atoms with Gasteiger partial charge in [0.1, 0.15) is 6.04 Å². The molecule has 1 heterocycles. The Bertz CT molecular complexity index is 215. The maximum atomic E-state index is 10.9. The summed E-state index contributed by atoms with van der Waals surface area (Å²) in [6, 6.07) is -0.291. The van der Waals surface area contributed by atoms with E-state index >= 15 is 0 Å². The number of rotatable bonds is 2. The summed E-state index contributed by atoms with van der Waals surface area (Å²) >= 11 is 0. The first-order valence-electron chi connectivity index (χ1n) is 5.65. The number of hydrogen-bond acceptors (Lipinski definition) is 2. The monoisotopic (exact) mass is 197 g/mol. The third kappa shape index (κ3) is 1.78. The number of fused-ring (bicyclic) bond motifs is 1. The van der Waals surface area contributed by atoms with Crippen LogP contribution in [-0.2, 0) is 4.79 Å². The maximum absolute atomic E-state index is 10.9. The van der Waals surface area contributed by atoms with Gasteiger partial charge in [0.15, 0.2) is 0 Å². The van der Waals surface area contributed by atoms with Crippen molar-refractivity contribution in [3.8, 4) is 0 Å². The highest BCUT2D eigenvalue weighted by Gasteiger charge is 2.37. The van der Waals surface area contributed by atoms with Gasteiger partial charge >= 0.3 is 5.97 Å². The normalized spacial score (nSPS) is 35.2. The molecule has 1 aliphatic heterocycles. The fourth-order valence-electron chi connectivity index (χ4n) is 2.91. The van der Waals surface area contributed by atoms with Crippen molar-refractivity contribution >= 4 is 5.97 Å². The molecule has 1 saturated carbocycles. The number of likely N-dealkylation sites (tertiary alicyclic amines) is 1. The Morgan fingerprint density at radius 2 is 1.79 bits per heavy atom. The Morgan fingerprint density at radius 1 is 1.29 bits per heavy atom. The molecule has 1 saturated heterocycles. The lowest BCUT2D eigenvalue weighted by Crippen LogP contribution is -2.37. The number of carbonyl (C=O) groups is 1. The van der Waals surface area contributed by atoms with Gasteiger partial charge in [-0.3, -0.25) is 9.69 Å². The van der Waals surface area contributed by atoms with Gasteiger partial charge in [-0.1, -0.05) is 12.8 Å². The Labute approximate surface area is 85.1 Å². The van der Waals surface area contributed by atoms with Gasteiger partial charge in [0.25, 0.3) is 0 Å². The van der Waals surface area contributed by atoms with Crippen LogP contribution in [0.4, 0.5) is 0 Å². The van der Waals surface area contributed by atoms with E-state index in [1.165, 1.54) is 25.7 Å². The van der Waals surface area contributed by atoms with Gasteiger partial charge in [-0.2, -0.15) is 0 Å². The molecule has 0 spiro atoms. The third-order valence-electron chi connectivity index (χ3n) is 3.91. The lowest BCUT2D eigenvalue weighted by Gasteiger charge is -2.23. The van der Waals surface area contributed by atoms with E-state index in [0.717, 1.165) is 24.9 Å². The van der Waals surface area contributed by atoms with E-state index < -0.39 is 5.97 Å². The zero-order valence-electron chi connectivity index (χ0n) is 8.78. The largest absolute Gasteiger partial charge is 0.480 e. The molecule has 3 heteroatoms. The Hall–Kier alpha value is -0.570. The first-order chi connectivity index (χ1) is 6.68. The third-order valence-corrected chi connectivity index (χ3v) is 3.91. The van der Waals surface area contributed by atoms with Gasteiger partial charge in [0.05, 0.1) is 0 Å². The van der Waals surface area contributed by atoms with Crippen LogP contribution in [0.1, 0.15) is 32.6 Å². The predicted molar refractivity (Wildman–Crippen MR) is 54.1 cm³/mol. The Balaban J connectivity index is 1.95. The van der Waals surface area contributed by atoms with Gasteiger partial charge in [-0.15, -0.1) is 0 Å². The molecule has 2 rings (SSSR count). The summed E-state index contributed by atoms with van der Waals surface area (Å²) in [5.41, 5.74) is 0. The summed E-state index contributed by atoms with van der Waals surface area (Å²) in [4.78, 5) is 13.0. The minimum Gasteiger partial charge on any atom is -0.480 e. The van der Waals surface area contributed by atoms with Crippen molar-refractivity contribution in [1.82, 2.24) is 4.90 Å². The van der Waals surface area contributed by atoms with Gasteiger partial charge in [-0.05, 0) is 31.6 Å². The summed E-state index contributed by atoms with van der Waals surface area (Å²) in [7, 11) is 0. The topological polar surface area (TPSA) is 40.5 Å². The van der Waals surface area contributed by atoms with E-state index in [4.69, 9.17) is 5.11 Å². The van der Waals surface area contributed by atoms with E-state index in [0.29, 0.717) is 0 Å². The number of nitrogens with zero attached hydrogens (tertiary/aromatic N) is 1. The van der Waals surface area contributed by atoms with Crippen LogP contribution in [0, 0.1) is 11.8 Å². The molecule has 2 fully saturated rings. The number of carboxylic acids is 1. The molecule has 1 N–H and O–H groups in total. The van der Waals surface area contributed by atoms with Crippen molar-refractivity contribution in [3.63, 3.8) is 0 Å². The molecule has 1 unspecified atom stereocenters. The van der Waals surface area contributed by atoms with Gasteiger partial charge in [0, 0.05) is 13.1 Å². The average Bonchev–Trinajstić information content (AvgIpc) is 2.59. The lowest BCUT2D eigenvalue weighted by molar-refractivity contribution is -0.142. The van der Waals surface area contributed by atoms with Crippen molar-refractivity contribution in [2.45, 2.75) is 38.6 Å². The molecule has 0 bridgehead atoms. The molecule has 80 valence electrons. The predicted octanol–water partition coefficient (Wildman–Crippen LogP) is 1.58. The second-order valence-corrected chi connectivity index (χ2v) is 4.77. The van der Waals surface area contributed by atoms with Crippen LogP contribution in [0.5, 0.6) is 0 Å². The van der Waals surface area contributed by atoms with Gasteiger partial charge < -0.3 is 5.11 Å². The average molecular weight is 197 g/mol. The minimum atomic E-state index is -0.677. The van der Waals surface area contributed by atoms with Crippen LogP contribution >= 0.6 is 0 Å². The van der Waals surface area contributed by atoms with Crippen LogP contribution in [0.25, 0.3) is 0 Å². The highest BCUT2D eigenvalue weighted by Crippen LogP contribution is 2.36. The quantitative estimate of drug-likeness (QED) is 0.730. The van der Waals surface area contributed by atoms with Crippen LogP contribution in [0.3, 0.4) is 0 Å². The first-order valence-corrected chi connectivity index (χ1v) is 5.65. The summed E-state index contributed by atoms with van der Waals surface area (Å²) in [5, 5.41) is 8.93. The highest BCUT2D eigenvalue weighted by atomic mass is 16.4. The standard InChI is InChI=1S/C11H19NO2/c1-8(11(13)14)12-6-9-4-2-3-5-10(9)7-12/h8-10H,2-7H2,1H3,(H,13,14)/t8?,9-,10+. The van der Waals surface area contributed by atoms with Crippen molar-refractivity contribution in [2.75, 3.05) is 13.1 Å². The van der Waals surface area contributed by atoms with Crippen molar-refractivity contribution in [1.29, 1.82) is 0 Å². The molecule has 0 amide bonds. The molecular formula is C11H19NO2. The van der Waals surface area contributed by atoms with Crippen molar-refractivity contribution < 1.29 is 9.90 Å². The molecule has 3 nitrogen and oxygen atoms in total. The summed E-state index contributed by atoms with van der Waals surface area (Å²) in [6.07, 6.45) is 5.31. The molecule has 0 radical (unpaired) electrons. The SMILES string of the molecule is CC(C(=O)O)N1C[C@H]2CCCC[C@H]2C1. The van der Waals surface area contributed by atoms with Crippen LogP contribution < -0.4 is 0 Å². The van der Waals surface area contributed by atoms with Crippen LogP contribution in [0.2, 0.25) is 0 Å². The second kappa shape index (κ2) is 3.89. The summed E-state index contributed by atoms with van der Waals surface area (Å²) in [5.74, 6) is 0.889. The van der Waals surface area contributed by atoms with E-state index in [-0.39, 0.29) is 6.04 Å². The van der Waals surface area contributed by atoms with E-state index in [1.54, 1.807) is 6.92 Å². The van der Waals surface area contributed by atoms with Gasteiger partial charge in [-0.25, -0.2) is 0 Å². The fourth-order valence-corrected chi connectivity index (χ4v) is 2.91. The molecule has 14 heavy (non-hydrogen) atoms. The van der Waals surface area contributed by atoms with Crippen LogP contribution in [-0.4, -0.2) is 35.1 Å². The first kappa shape index (κ1) is 9.97. The molecule has 2 aliphatic rings. The zero-order valence-corrected chi connectivity index (χ0v) is 8.78. The Kier molecular flexibility index (Phi) is 2.77. The number of aliphatic carboxylic acids is 1. The summed E-state index contributed by atoms with van der Waals surface area (Å²) < 4.78 is 0. The molecular weight excluding hydrogens is 178 g/mol. The Morgan fingerprint density at radius 3 is 2.21 bits per heavy atom. The van der Waals surface area contributed by atoms with Gasteiger partial charge in [0.2, 0.25) is 0 Å². The number of hydrogen-bond donors (Lipinski definition) is 1. The van der Waals surface area contributed by atoms with E-state index in [2.05, 4.69) is 4.90 Å². The van der Waals surface area contributed by atoms with Crippen molar-refractivity contribution in [3.05, 3.63) is 0 Å². The molecule has 3 atom stereocenters. The fraction of sp³-hybridized carbons (Fsp3) is 0.909. The molecule has 0 aromatic rings.